The maximum Gasteiger partial charge on any atom is 0.279 e. The molecule has 8 nitrogen and oxygen atoms in total. The molecule has 10 heteroatoms. The number of amides is 1. The minimum atomic E-state index is -3.78. The van der Waals surface area contributed by atoms with Crippen LogP contribution < -0.4 is 14.3 Å². The Morgan fingerprint density at radius 1 is 1.06 bits per heavy atom. The first-order chi connectivity index (χ1) is 17.3. The molecule has 0 aliphatic heterocycles. The van der Waals surface area contributed by atoms with E-state index in [9.17, 15) is 13.2 Å². The zero-order chi connectivity index (χ0) is 25.7. The summed E-state index contributed by atoms with van der Waals surface area (Å²) in [6.45, 7) is 5.67. The Morgan fingerprint density at radius 3 is 2.44 bits per heavy atom. The number of carbonyl (C=O) groups excluding carboxylic acids is 1. The molecule has 0 radical (unpaired) electrons. The van der Waals surface area contributed by atoms with Gasteiger partial charge in [-0.1, -0.05) is 17.4 Å². The highest BCUT2D eigenvalue weighted by molar-refractivity contribution is 7.92. The highest BCUT2D eigenvalue weighted by Gasteiger charge is 2.15. The van der Waals surface area contributed by atoms with Crippen molar-refractivity contribution >= 4 is 43.2 Å². The second-order valence-corrected chi connectivity index (χ2v) is 10.7. The van der Waals surface area contributed by atoms with Crippen molar-refractivity contribution in [1.29, 1.82) is 0 Å². The van der Waals surface area contributed by atoms with Gasteiger partial charge in [-0.2, -0.15) is 4.99 Å². The number of thiazole rings is 1. The standard InChI is InChI=1S/C26H27N3O5S2/c1-4-34-16-15-29-23-14-5-18(2)17-24(23)35-26(29)27-25(30)19-6-8-20(9-7-19)28-36(31,32)22-12-10-21(33-3)11-13-22/h5-14,17,28H,4,15-16H2,1-3H3. The van der Waals surface area contributed by atoms with E-state index in [-0.39, 0.29) is 4.90 Å². The molecule has 0 saturated carbocycles. The van der Waals surface area contributed by atoms with E-state index in [0.717, 1.165) is 15.8 Å². The van der Waals surface area contributed by atoms with Gasteiger partial charge in [0, 0.05) is 24.4 Å². The predicted octanol–water partition coefficient (Wildman–Crippen LogP) is 4.60. The van der Waals surface area contributed by atoms with Gasteiger partial charge in [-0.15, -0.1) is 0 Å². The van der Waals surface area contributed by atoms with Crippen LogP contribution in [-0.2, 0) is 21.3 Å². The number of aromatic nitrogens is 1. The molecule has 0 spiro atoms. The molecule has 0 saturated heterocycles. The second kappa shape index (κ2) is 11.1. The number of benzene rings is 3. The van der Waals surface area contributed by atoms with Crippen LogP contribution in [0.2, 0.25) is 0 Å². The van der Waals surface area contributed by atoms with Crippen molar-refractivity contribution in [3.8, 4) is 5.75 Å². The Bertz CT molecular complexity index is 1540. The lowest BCUT2D eigenvalue weighted by Gasteiger charge is -2.09. The molecular weight excluding hydrogens is 498 g/mol. The molecule has 1 aromatic heterocycles. The third-order valence-electron chi connectivity index (χ3n) is 5.45. The van der Waals surface area contributed by atoms with Crippen LogP contribution in [0.25, 0.3) is 10.2 Å². The maximum absolute atomic E-state index is 13.0. The minimum absolute atomic E-state index is 0.107. The fourth-order valence-corrected chi connectivity index (χ4v) is 5.79. The molecular formula is C26H27N3O5S2. The van der Waals surface area contributed by atoms with Crippen molar-refractivity contribution in [2.24, 2.45) is 4.99 Å². The summed E-state index contributed by atoms with van der Waals surface area (Å²) in [5, 5.41) is 0. The number of carbonyl (C=O) groups is 1. The topological polar surface area (TPSA) is 99.0 Å². The van der Waals surface area contributed by atoms with E-state index in [1.165, 1.54) is 30.6 Å². The molecule has 1 N–H and O–H groups in total. The van der Waals surface area contributed by atoms with E-state index >= 15 is 0 Å². The second-order valence-electron chi connectivity index (χ2n) is 7.98. The minimum Gasteiger partial charge on any atom is -0.497 e. The molecule has 0 aliphatic carbocycles. The Morgan fingerprint density at radius 2 is 1.78 bits per heavy atom. The van der Waals surface area contributed by atoms with Crippen LogP contribution in [0.1, 0.15) is 22.8 Å². The van der Waals surface area contributed by atoms with Gasteiger partial charge in [-0.3, -0.25) is 9.52 Å². The van der Waals surface area contributed by atoms with Gasteiger partial charge in [0.05, 0.1) is 28.8 Å². The third-order valence-corrected chi connectivity index (χ3v) is 7.89. The number of ether oxygens (including phenoxy) is 2. The highest BCUT2D eigenvalue weighted by atomic mass is 32.2. The largest absolute Gasteiger partial charge is 0.497 e. The summed E-state index contributed by atoms with van der Waals surface area (Å²) in [6.07, 6.45) is 0. The molecule has 3 aromatic carbocycles. The van der Waals surface area contributed by atoms with Gasteiger partial charge in [-0.05, 0) is 80.1 Å². The van der Waals surface area contributed by atoms with Gasteiger partial charge < -0.3 is 14.0 Å². The molecule has 4 rings (SSSR count). The molecule has 188 valence electrons. The lowest BCUT2D eigenvalue weighted by atomic mass is 10.2. The van der Waals surface area contributed by atoms with E-state index in [1.54, 1.807) is 36.4 Å². The SMILES string of the molecule is CCOCCn1c(=NC(=O)c2ccc(NS(=O)(=O)c3ccc(OC)cc3)cc2)sc2cc(C)ccc21. The number of hydrogen-bond donors (Lipinski definition) is 1. The monoisotopic (exact) mass is 525 g/mol. The van der Waals surface area contributed by atoms with Crippen molar-refractivity contribution < 1.29 is 22.7 Å². The number of sulfonamides is 1. The fourth-order valence-electron chi connectivity index (χ4n) is 3.58. The summed E-state index contributed by atoms with van der Waals surface area (Å²) in [4.78, 5) is 18.0. The molecule has 0 aliphatic rings. The number of nitrogens with zero attached hydrogens (tertiary/aromatic N) is 2. The third kappa shape index (κ3) is 5.84. The zero-order valence-corrected chi connectivity index (χ0v) is 21.9. The molecule has 0 bridgehead atoms. The highest BCUT2D eigenvalue weighted by Crippen LogP contribution is 2.21. The number of rotatable bonds is 9. The van der Waals surface area contributed by atoms with Gasteiger partial charge in [0.15, 0.2) is 4.80 Å². The van der Waals surface area contributed by atoms with Crippen molar-refractivity contribution in [2.75, 3.05) is 25.0 Å². The first kappa shape index (κ1) is 25.6. The summed E-state index contributed by atoms with van der Waals surface area (Å²) in [5.74, 6) is 0.154. The number of methoxy groups -OCH3 is 1. The van der Waals surface area contributed by atoms with E-state index in [2.05, 4.69) is 15.8 Å². The summed E-state index contributed by atoms with van der Waals surface area (Å²) in [5.41, 5.74) is 2.82. The van der Waals surface area contributed by atoms with E-state index in [0.29, 0.717) is 41.6 Å². The zero-order valence-electron chi connectivity index (χ0n) is 20.2. The van der Waals surface area contributed by atoms with E-state index in [1.807, 2.05) is 30.5 Å². The Kier molecular flexibility index (Phi) is 7.88. The molecule has 1 amide bonds. The van der Waals surface area contributed by atoms with Gasteiger partial charge in [0.1, 0.15) is 5.75 Å². The number of aryl methyl sites for hydroxylation is 1. The average molecular weight is 526 g/mol. The van der Waals surface area contributed by atoms with Crippen molar-refractivity contribution in [3.63, 3.8) is 0 Å². The maximum atomic E-state index is 13.0. The molecule has 36 heavy (non-hydrogen) atoms. The predicted molar refractivity (Wildman–Crippen MR) is 141 cm³/mol. The van der Waals surface area contributed by atoms with Crippen LogP contribution >= 0.6 is 11.3 Å². The van der Waals surface area contributed by atoms with Crippen LogP contribution in [0.15, 0.2) is 76.6 Å². The first-order valence-corrected chi connectivity index (χ1v) is 13.6. The Balaban J connectivity index is 1.57. The van der Waals surface area contributed by atoms with Crippen molar-refractivity contribution in [2.45, 2.75) is 25.3 Å². The smallest absolute Gasteiger partial charge is 0.279 e. The normalized spacial score (nSPS) is 12.1. The first-order valence-electron chi connectivity index (χ1n) is 11.3. The average Bonchev–Trinajstić information content (AvgIpc) is 3.20. The number of anilines is 1. The van der Waals surface area contributed by atoms with Crippen molar-refractivity contribution in [3.05, 3.63) is 82.7 Å². The summed E-state index contributed by atoms with van der Waals surface area (Å²) >= 11 is 1.45. The number of hydrogen-bond acceptors (Lipinski definition) is 6. The van der Waals surface area contributed by atoms with Crippen LogP contribution in [-0.4, -0.2) is 39.2 Å². The molecule has 0 unspecified atom stereocenters. The van der Waals surface area contributed by atoms with Crippen LogP contribution in [0.5, 0.6) is 5.75 Å². The summed E-state index contributed by atoms with van der Waals surface area (Å²) < 4.78 is 41.5. The van der Waals surface area contributed by atoms with Crippen LogP contribution in [0.4, 0.5) is 5.69 Å². The Hall–Kier alpha value is -3.47. The Labute approximate surface area is 213 Å². The van der Waals surface area contributed by atoms with Gasteiger partial charge >= 0.3 is 0 Å². The molecule has 4 aromatic rings. The van der Waals surface area contributed by atoms with Crippen LogP contribution in [0, 0.1) is 6.92 Å². The molecule has 0 fully saturated rings. The quantitative estimate of drug-likeness (QED) is 0.322. The summed E-state index contributed by atoms with van der Waals surface area (Å²) in [6, 6.07) is 18.4. The van der Waals surface area contributed by atoms with Crippen LogP contribution in [0.3, 0.4) is 0 Å². The van der Waals surface area contributed by atoms with Gasteiger partial charge in [0.2, 0.25) is 0 Å². The van der Waals surface area contributed by atoms with E-state index < -0.39 is 15.9 Å². The lowest BCUT2D eigenvalue weighted by Crippen LogP contribution is -2.19. The number of nitrogens with one attached hydrogen (secondary N) is 1. The van der Waals surface area contributed by atoms with Crippen molar-refractivity contribution in [1.82, 2.24) is 4.57 Å². The lowest BCUT2D eigenvalue weighted by molar-refractivity contribution is 0.0996. The molecule has 0 atom stereocenters. The van der Waals surface area contributed by atoms with Gasteiger partial charge in [-0.25, -0.2) is 8.42 Å². The number of fused-ring (bicyclic) bond motifs is 1. The fraction of sp³-hybridized carbons (Fsp3) is 0.231. The molecule has 1 heterocycles. The van der Waals surface area contributed by atoms with Gasteiger partial charge in [0.25, 0.3) is 15.9 Å². The van der Waals surface area contributed by atoms with E-state index in [4.69, 9.17) is 9.47 Å². The summed E-state index contributed by atoms with van der Waals surface area (Å²) in [7, 11) is -2.27.